The highest BCUT2D eigenvalue weighted by molar-refractivity contribution is 5.78. The van der Waals surface area contributed by atoms with E-state index >= 15 is 0 Å². The Morgan fingerprint density at radius 3 is 2.60 bits per heavy atom. The molecule has 1 amide bonds. The summed E-state index contributed by atoms with van der Waals surface area (Å²) < 4.78 is 7.89. The van der Waals surface area contributed by atoms with E-state index in [2.05, 4.69) is 29.5 Å². The molecule has 0 aromatic carbocycles. The van der Waals surface area contributed by atoms with E-state index in [4.69, 9.17) is 4.74 Å². The first-order chi connectivity index (χ1) is 11.5. The predicted molar refractivity (Wildman–Crippen MR) is 96.2 cm³/mol. The molecule has 0 unspecified atom stereocenters. The zero-order valence-electron chi connectivity index (χ0n) is 16.3. The monoisotopic (exact) mass is 352 g/mol. The third-order valence-electron chi connectivity index (χ3n) is 3.80. The van der Waals surface area contributed by atoms with Crippen LogP contribution in [0.4, 0.5) is 0 Å². The second kappa shape index (κ2) is 9.08. The molecule has 1 aromatic heterocycles. The van der Waals surface area contributed by atoms with E-state index in [1.807, 2.05) is 38.6 Å². The van der Waals surface area contributed by atoms with Crippen LogP contribution in [0.3, 0.4) is 0 Å². The molecule has 25 heavy (non-hydrogen) atoms. The van der Waals surface area contributed by atoms with Gasteiger partial charge in [-0.25, -0.2) is 4.68 Å². The van der Waals surface area contributed by atoms with Crippen LogP contribution in [-0.4, -0.2) is 45.9 Å². The topological polar surface area (TPSA) is 86.1 Å². The van der Waals surface area contributed by atoms with Crippen molar-refractivity contribution in [3.63, 3.8) is 0 Å². The molecule has 1 rings (SSSR count). The molecule has 0 radical (unpaired) electrons. The van der Waals surface area contributed by atoms with Crippen LogP contribution in [0.2, 0.25) is 0 Å². The van der Waals surface area contributed by atoms with E-state index in [0.29, 0.717) is 25.6 Å². The van der Waals surface area contributed by atoms with E-state index in [1.165, 1.54) is 0 Å². The fraction of sp³-hybridized carbons (Fsp3) is 0.778. The molecule has 1 N–H and O–H groups in total. The Balaban J connectivity index is 2.46. The van der Waals surface area contributed by atoms with Gasteiger partial charge in [0, 0.05) is 31.0 Å². The summed E-state index contributed by atoms with van der Waals surface area (Å²) in [5, 5.41) is 11.2. The van der Waals surface area contributed by atoms with Gasteiger partial charge in [-0.3, -0.25) is 4.79 Å². The Bertz CT molecular complexity index is 564. The molecule has 0 aliphatic carbocycles. The molecule has 0 saturated carbocycles. The molecule has 0 bridgehead atoms. The normalized spacial score (nSPS) is 12.4. The number of ether oxygens (including phenoxy) is 1. The summed E-state index contributed by atoms with van der Waals surface area (Å²) in [6.07, 6.45) is 3.20. The second-order valence-corrected chi connectivity index (χ2v) is 8.19. The number of aldehydes is 1. The van der Waals surface area contributed by atoms with Crippen molar-refractivity contribution in [2.75, 3.05) is 13.2 Å². The average molecular weight is 352 g/mol. The molecule has 142 valence electrons. The number of aromatic nitrogens is 3. The van der Waals surface area contributed by atoms with Gasteiger partial charge >= 0.3 is 0 Å². The molecule has 0 saturated heterocycles. The quantitative estimate of drug-likeness (QED) is 0.618. The van der Waals surface area contributed by atoms with Crippen molar-refractivity contribution in [2.24, 2.45) is 5.41 Å². The number of carbonyl (C=O) groups is 2. The SMILES string of the molecule is CC(C)c1cn(CC(C)(C)OCC(C)(C)CNC(=O)CCC=O)nn1. The van der Waals surface area contributed by atoms with Crippen molar-refractivity contribution in [3.8, 4) is 0 Å². The number of hydrogen-bond acceptors (Lipinski definition) is 5. The van der Waals surface area contributed by atoms with Crippen molar-refractivity contribution in [1.82, 2.24) is 20.3 Å². The minimum absolute atomic E-state index is 0.108. The Kier molecular flexibility index (Phi) is 7.73. The number of nitrogens with one attached hydrogen (secondary N) is 1. The van der Waals surface area contributed by atoms with Crippen LogP contribution in [0.1, 0.15) is 66.0 Å². The van der Waals surface area contributed by atoms with Gasteiger partial charge in [0.25, 0.3) is 0 Å². The van der Waals surface area contributed by atoms with E-state index in [-0.39, 0.29) is 24.2 Å². The molecule has 0 fully saturated rings. The Morgan fingerprint density at radius 2 is 2.04 bits per heavy atom. The molecule has 0 aliphatic rings. The number of hydrogen-bond donors (Lipinski definition) is 1. The van der Waals surface area contributed by atoms with Gasteiger partial charge in [0.1, 0.15) is 6.29 Å². The van der Waals surface area contributed by atoms with E-state index in [0.717, 1.165) is 12.0 Å². The maximum absolute atomic E-state index is 11.6. The van der Waals surface area contributed by atoms with Crippen molar-refractivity contribution >= 4 is 12.2 Å². The molecular formula is C18H32N4O3. The first-order valence-electron chi connectivity index (χ1n) is 8.79. The molecule has 7 heteroatoms. The zero-order chi connectivity index (χ0) is 19.1. The van der Waals surface area contributed by atoms with Gasteiger partial charge in [-0.2, -0.15) is 0 Å². The summed E-state index contributed by atoms with van der Waals surface area (Å²) in [4.78, 5) is 21.9. The second-order valence-electron chi connectivity index (χ2n) is 8.19. The van der Waals surface area contributed by atoms with Crippen LogP contribution in [0.15, 0.2) is 6.20 Å². The minimum atomic E-state index is -0.402. The third-order valence-corrected chi connectivity index (χ3v) is 3.80. The molecule has 7 nitrogen and oxygen atoms in total. The zero-order valence-corrected chi connectivity index (χ0v) is 16.3. The lowest BCUT2D eigenvalue weighted by molar-refractivity contribution is -0.123. The van der Waals surface area contributed by atoms with E-state index < -0.39 is 5.60 Å². The van der Waals surface area contributed by atoms with Crippen LogP contribution >= 0.6 is 0 Å². The van der Waals surface area contributed by atoms with Crippen LogP contribution < -0.4 is 5.32 Å². The standard InChI is InChI=1S/C18H32N4O3/c1-14(2)15-10-22(21-20-15)12-18(5,6)25-13-17(3,4)11-19-16(24)8-7-9-23/h9-10,14H,7-8,11-13H2,1-6H3,(H,19,24). The van der Waals surface area contributed by atoms with E-state index in [9.17, 15) is 9.59 Å². The largest absolute Gasteiger partial charge is 0.373 e. The first kappa shape index (κ1) is 21.3. The van der Waals surface area contributed by atoms with Crippen molar-refractivity contribution in [1.29, 1.82) is 0 Å². The van der Waals surface area contributed by atoms with Gasteiger partial charge in [0.05, 0.1) is 24.4 Å². The van der Waals surface area contributed by atoms with Crippen LogP contribution in [0, 0.1) is 5.41 Å². The molecular weight excluding hydrogens is 320 g/mol. The third kappa shape index (κ3) is 8.25. The summed E-state index contributed by atoms with van der Waals surface area (Å²) in [5.41, 5.74) is 0.356. The highest BCUT2D eigenvalue weighted by Crippen LogP contribution is 2.21. The van der Waals surface area contributed by atoms with Crippen molar-refractivity contribution in [2.45, 2.75) is 72.4 Å². The van der Waals surface area contributed by atoms with Gasteiger partial charge in [0.2, 0.25) is 5.91 Å². The summed E-state index contributed by atoms with van der Waals surface area (Å²) in [6.45, 7) is 13.9. The average Bonchev–Trinajstić information content (AvgIpc) is 2.97. The first-order valence-corrected chi connectivity index (χ1v) is 8.79. The lowest BCUT2D eigenvalue weighted by atomic mass is 9.94. The molecule has 0 atom stereocenters. The van der Waals surface area contributed by atoms with E-state index in [1.54, 1.807) is 0 Å². The Morgan fingerprint density at radius 1 is 1.36 bits per heavy atom. The number of carbonyl (C=O) groups excluding carboxylic acids is 2. The highest BCUT2D eigenvalue weighted by atomic mass is 16.5. The minimum Gasteiger partial charge on any atom is -0.373 e. The van der Waals surface area contributed by atoms with Gasteiger partial charge < -0.3 is 14.8 Å². The van der Waals surface area contributed by atoms with Crippen molar-refractivity contribution < 1.29 is 14.3 Å². The molecule has 1 aromatic rings. The lowest BCUT2D eigenvalue weighted by Crippen LogP contribution is -2.40. The fourth-order valence-electron chi connectivity index (χ4n) is 2.15. The Hall–Kier alpha value is -1.76. The maximum Gasteiger partial charge on any atom is 0.220 e. The molecule has 0 spiro atoms. The number of nitrogens with zero attached hydrogens (tertiary/aromatic N) is 3. The lowest BCUT2D eigenvalue weighted by Gasteiger charge is -2.32. The van der Waals surface area contributed by atoms with Gasteiger partial charge in [-0.1, -0.05) is 32.9 Å². The van der Waals surface area contributed by atoms with Crippen LogP contribution in [-0.2, 0) is 20.9 Å². The number of amides is 1. The van der Waals surface area contributed by atoms with Crippen molar-refractivity contribution in [3.05, 3.63) is 11.9 Å². The highest BCUT2D eigenvalue weighted by Gasteiger charge is 2.26. The summed E-state index contributed by atoms with van der Waals surface area (Å²) >= 11 is 0. The molecule has 0 aliphatic heterocycles. The molecule has 1 heterocycles. The summed E-state index contributed by atoms with van der Waals surface area (Å²) in [6, 6.07) is 0. The summed E-state index contributed by atoms with van der Waals surface area (Å²) in [5.74, 6) is 0.239. The van der Waals surface area contributed by atoms with Crippen LogP contribution in [0.25, 0.3) is 0 Å². The van der Waals surface area contributed by atoms with Gasteiger partial charge in [-0.15, -0.1) is 5.10 Å². The fourth-order valence-corrected chi connectivity index (χ4v) is 2.15. The number of rotatable bonds is 11. The van der Waals surface area contributed by atoms with Crippen LogP contribution in [0.5, 0.6) is 0 Å². The maximum atomic E-state index is 11.6. The van der Waals surface area contributed by atoms with Gasteiger partial charge in [0.15, 0.2) is 0 Å². The summed E-state index contributed by atoms with van der Waals surface area (Å²) in [7, 11) is 0. The Labute approximate surface area is 150 Å². The van der Waals surface area contributed by atoms with Gasteiger partial charge in [-0.05, 0) is 19.8 Å². The predicted octanol–water partition coefficient (Wildman–Crippen LogP) is 2.32. The smallest absolute Gasteiger partial charge is 0.220 e.